The molecule has 0 bridgehead atoms. The van der Waals surface area contributed by atoms with E-state index in [1.54, 1.807) is 0 Å². The number of benzene rings is 2. The maximum Gasteiger partial charge on any atom is 0.0355 e. The molecule has 15 heavy (non-hydrogen) atoms. The highest BCUT2D eigenvalue weighted by Crippen LogP contribution is 2.32. The molecule has 1 nitrogen and oxygen atoms in total. The minimum atomic E-state index is 0.447. The third-order valence-corrected chi connectivity index (χ3v) is 3.13. The van der Waals surface area contributed by atoms with Gasteiger partial charge in [-0.15, -0.1) is 0 Å². The summed E-state index contributed by atoms with van der Waals surface area (Å²) in [5, 5.41) is 2.50. The lowest BCUT2D eigenvalue weighted by molar-refractivity contribution is 0.879. The molecular formula is C13H14BrN. The summed E-state index contributed by atoms with van der Waals surface area (Å²) in [6.45, 7) is 4.35. The van der Waals surface area contributed by atoms with Crippen molar-refractivity contribution in [3.8, 4) is 0 Å². The molecule has 0 amide bonds. The van der Waals surface area contributed by atoms with Crippen LogP contribution in [0.5, 0.6) is 0 Å². The van der Waals surface area contributed by atoms with Gasteiger partial charge in [-0.05, 0) is 40.5 Å². The number of halogens is 1. The summed E-state index contributed by atoms with van der Waals surface area (Å²) in [7, 11) is 0. The number of fused-ring (bicyclic) bond motifs is 1. The smallest absolute Gasteiger partial charge is 0.0355 e. The Bertz CT molecular complexity index is 498. The SMILES string of the molecule is CC(C)c1c(N)ccc2ccc(Br)cc12. The van der Waals surface area contributed by atoms with Crippen LogP contribution in [0.4, 0.5) is 5.69 Å². The van der Waals surface area contributed by atoms with Crippen LogP contribution in [0.2, 0.25) is 0 Å². The number of anilines is 1. The van der Waals surface area contributed by atoms with Gasteiger partial charge in [0.25, 0.3) is 0 Å². The van der Waals surface area contributed by atoms with Crippen molar-refractivity contribution in [3.63, 3.8) is 0 Å². The van der Waals surface area contributed by atoms with Crippen molar-refractivity contribution in [2.45, 2.75) is 19.8 Å². The van der Waals surface area contributed by atoms with Crippen LogP contribution in [-0.2, 0) is 0 Å². The second kappa shape index (κ2) is 3.86. The van der Waals surface area contributed by atoms with Crippen LogP contribution in [0.15, 0.2) is 34.8 Å². The van der Waals surface area contributed by atoms with Crippen LogP contribution in [-0.4, -0.2) is 0 Å². The van der Waals surface area contributed by atoms with Crippen molar-refractivity contribution >= 4 is 32.4 Å². The van der Waals surface area contributed by atoms with Gasteiger partial charge >= 0.3 is 0 Å². The molecule has 2 aromatic rings. The van der Waals surface area contributed by atoms with E-state index in [1.165, 1.54) is 16.3 Å². The van der Waals surface area contributed by atoms with Gasteiger partial charge in [-0.1, -0.05) is 41.9 Å². The molecule has 0 heterocycles. The zero-order valence-electron chi connectivity index (χ0n) is 8.92. The van der Waals surface area contributed by atoms with Gasteiger partial charge in [0.2, 0.25) is 0 Å². The monoisotopic (exact) mass is 263 g/mol. The van der Waals surface area contributed by atoms with Gasteiger partial charge in [-0.2, -0.15) is 0 Å². The molecule has 2 rings (SSSR count). The first-order valence-corrected chi connectivity index (χ1v) is 5.86. The summed E-state index contributed by atoms with van der Waals surface area (Å²) in [4.78, 5) is 0. The van der Waals surface area contributed by atoms with E-state index >= 15 is 0 Å². The van der Waals surface area contributed by atoms with Crippen molar-refractivity contribution in [3.05, 3.63) is 40.4 Å². The fourth-order valence-corrected chi connectivity index (χ4v) is 2.34. The van der Waals surface area contributed by atoms with E-state index in [-0.39, 0.29) is 0 Å². The summed E-state index contributed by atoms with van der Waals surface area (Å²) in [5.41, 5.74) is 8.15. The first-order chi connectivity index (χ1) is 7.09. The molecule has 0 aliphatic rings. The van der Waals surface area contributed by atoms with Crippen molar-refractivity contribution in [2.24, 2.45) is 0 Å². The van der Waals surface area contributed by atoms with Gasteiger partial charge in [-0.3, -0.25) is 0 Å². The minimum Gasteiger partial charge on any atom is -0.398 e. The number of rotatable bonds is 1. The molecule has 2 aromatic carbocycles. The van der Waals surface area contributed by atoms with Gasteiger partial charge in [0, 0.05) is 10.2 Å². The van der Waals surface area contributed by atoms with Crippen LogP contribution in [0.25, 0.3) is 10.8 Å². The molecular weight excluding hydrogens is 250 g/mol. The molecule has 0 aliphatic heterocycles. The van der Waals surface area contributed by atoms with Gasteiger partial charge in [-0.25, -0.2) is 0 Å². The number of nitrogen functional groups attached to an aromatic ring is 1. The molecule has 0 unspecified atom stereocenters. The summed E-state index contributed by atoms with van der Waals surface area (Å²) in [5.74, 6) is 0.447. The highest BCUT2D eigenvalue weighted by Gasteiger charge is 2.09. The van der Waals surface area contributed by atoms with Crippen LogP contribution in [0, 0.1) is 0 Å². The summed E-state index contributed by atoms with van der Waals surface area (Å²) in [6, 6.07) is 10.4. The average molecular weight is 264 g/mol. The normalized spacial score (nSPS) is 11.2. The first kappa shape index (κ1) is 10.5. The van der Waals surface area contributed by atoms with Crippen LogP contribution >= 0.6 is 15.9 Å². The highest BCUT2D eigenvalue weighted by atomic mass is 79.9. The summed E-state index contributed by atoms with van der Waals surface area (Å²) >= 11 is 3.50. The van der Waals surface area contributed by atoms with Crippen LogP contribution in [0.3, 0.4) is 0 Å². The predicted molar refractivity (Wildman–Crippen MR) is 70.1 cm³/mol. The van der Waals surface area contributed by atoms with Crippen LogP contribution < -0.4 is 5.73 Å². The van der Waals surface area contributed by atoms with E-state index < -0.39 is 0 Å². The highest BCUT2D eigenvalue weighted by molar-refractivity contribution is 9.10. The van der Waals surface area contributed by atoms with Gasteiger partial charge in [0.15, 0.2) is 0 Å². The van der Waals surface area contributed by atoms with Crippen molar-refractivity contribution in [1.82, 2.24) is 0 Å². The molecule has 0 fully saturated rings. The molecule has 0 saturated carbocycles. The summed E-state index contributed by atoms with van der Waals surface area (Å²) < 4.78 is 1.10. The lowest BCUT2D eigenvalue weighted by Crippen LogP contribution is -1.97. The third-order valence-electron chi connectivity index (χ3n) is 2.64. The number of hydrogen-bond donors (Lipinski definition) is 1. The molecule has 0 atom stereocenters. The van der Waals surface area contributed by atoms with E-state index in [4.69, 9.17) is 5.73 Å². The lowest BCUT2D eigenvalue weighted by atomic mass is 9.94. The van der Waals surface area contributed by atoms with E-state index in [2.05, 4.69) is 54.0 Å². The Labute approximate surface area is 98.4 Å². The first-order valence-electron chi connectivity index (χ1n) is 5.07. The predicted octanol–water partition coefficient (Wildman–Crippen LogP) is 4.31. The molecule has 2 heteroatoms. The van der Waals surface area contributed by atoms with Gasteiger partial charge in [0.05, 0.1) is 0 Å². The van der Waals surface area contributed by atoms with Crippen molar-refractivity contribution < 1.29 is 0 Å². The third kappa shape index (κ3) is 1.86. The van der Waals surface area contributed by atoms with E-state index in [0.29, 0.717) is 5.92 Å². The molecule has 2 N–H and O–H groups in total. The zero-order chi connectivity index (χ0) is 11.0. The Morgan fingerprint density at radius 3 is 2.47 bits per heavy atom. The topological polar surface area (TPSA) is 26.0 Å². The Hall–Kier alpha value is -1.02. The number of nitrogens with two attached hydrogens (primary N) is 1. The standard InChI is InChI=1S/C13H14BrN/c1-8(2)13-11-7-10(14)5-3-9(11)4-6-12(13)15/h3-8H,15H2,1-2H3. The average Bonchev–Trinajstić information content (AvgIpc) is 2.16. The second-order valence-electron chi connectivity index (χ2n) is 4.09. The Morgan fingerprint density at radius 1 is 1.13 bits per heavy atom. The number of hydrogen-bond acceptors (Lipinski definition) is 1. The summed E-state index contributed by atoms with van der Waals surface area (Å²) in [6.07, 6.45) is 0. The van der Waals surface area contributed by atoms with E-state index in [1.807, 2.05) is 6.07 Å². The van der Waals surface area contributed by atoms with E-state index in [0.717, 1.165) is 10.2 Å². The molecule has 0 aliphatic carbocycles. The van der Waals surface area contributed by atoms with Crippen molar-refractivity contribution in [2.75, 3.05) is 5.73 Å². The maximum absolute atomic E-state index is 6.02. The van der Waals surface area contributed by atoms with Crippen molar-refractivity contribution in [1.29, 1.82) is 0 Å². The minimum absolute atomic E-state index is 0.447. The molecule has 0 saturated heterocycles. The maximum atomic E-state index is 6.02. The zero-order valence-corrected chi connectivity index (χ0v) is 10.5. The molecule has 0 aromatic heterocycles. The molecule has 0 spiro atoms. The molecule has 0 radical (unpaired) electrons. The van der Waals surface area contributed by atoms with E-state index in [9.17, 15) is 0 Å². The fourth-order valence-electron chi connectivity index (χ4n) is 1.98. The second-order valence-corrected chi connectivity index (χ2v) is 5.00. The Morgan fingerprint density at radius 2 is 1.80 bits per heavy atom. The fraction of sp³-hybridized carbons (Fsp3) is 0.231. The Balaban J connectivity index is 2.84. The molecule has 78 valence electrons. The largest absolute Gasteiger partial charge is 0.398 e. The van der Waals surface area contributed by atoms with Gasteiger partial charge in [0.1, 0.15) is 0 Å². The lowest BCUT2D eigenvalue weighted by Gasteiger charge is -2.13. The van der Waals surface area contributed by atoms with Gasteiger partial charge < -0.3 is 5.73 Å². The quantitative estimate of drug-likeness (QED) is 0.763. The Kier molecular flexibility index (Phi) is 2.70. The van der Waals surface area contributed by atoms with Crippen LogP contribution in [0.1, 0.15) is 25.3 Å².